The van der Waals surface area contributed by atoms with Crippen LogP contribution in [0.1, 0.15) is 24.7 Å². The van der Waals surface area contributed by atoms with Gasteiger partial charge in [-0.1, -0.05) is 13.0 Å². The van der Waals surface area contributed by atoms with Gasteiger partial charge in [0.25, 0.3) is 0 Å². The van der Waals surface area contributed by atoms with Crippen molar-refractivity contribution in [2.24, 2.45) is 0 Å². The van der Waals surface area contributed by atoms with Crippen LogP contribution in [0.3, 0.4) is 0 Å². The first-order valence-electron chi connectivity index (χ1n) is 6.62. The SMILES string of the molecule is CCCNc1nc(C)nc(Oc2cccc(I)c2)c1C. The Hall–Kier alpha value is -1.37. The molecule has 0 aliphatic heterocycles. The van der Waals surface area contributed by atoms with Crippen molar-refractivity contribution in [2.75, 3.05) is 11.9 Å². The second-order valence-corrected chi connectivity index (χ2v) is 5.78. The summed E-state index contributed by atoms with van der Waals surface area (Å²) in [6.07, 6.45) is 1.05. The minimum Gasteiger partial charge on any atom is -0.439 e. The number of rotatable bonds is 5. The summed E-state index contributed by atoms with van der Waals surface area (Å²) in [6, 6.07) is 7.91. The molecule has 0 saturated heterocycles. The first-order valence-corrected chi connectivity index (χ1v) is 7.70. The number of aryl methyl sites for hydroxylation is 1. The molecule has 2 aromatic rings. The van der Waals surface area contributed by atoms with Crippen molar-refractivity contribution in [1.82, 2.24) is 9.97 Å². The minimum absolute atomic E-state index is 0.609. The van der Waals surface area contributed by atoms with Crippen molar-refractivity contribution in [3.63, 3.8) is 0 Å². The molecule has 106 valence electrons. The average Bonchev–Trinajstić information content (AvgIpc) is 2.41. The number of nitrogens with one attached hydrogen (secondary N) is 1. The Morgan fingerprint density at radius 2 is 2.05 bits per heavy atom. The molecule has 0 saturated carbocycles. The fourth-order valence-corrected chi connectivity index (χ4v) is 2.27. The lowest BCUT2D eigenvalue weighted by atomic mass is 10.3. The van der Waals surface area contributed by atoms with Crippen LogP contribution in [0.4, 0.5) is 5.82 Å². The average molecular weight is 383 g/mol. The van der Waals surface area contributed by atoms with E-state index in [4.69, 9.17) is 4.74 Å². The number of nitrogens with zero attached hydrogens (tertiary/aromatic N) is 2. The summed E-state index contributed by atoms with van der Waals surface area (Å²) in [5, 5.41) is 3.31. The number of ether oxygens (including phenoxy) is 1. The molecule has 4 nitrogen and oxygen atoms in total. The van der Waals surface area contributed by atoms with Crippen LogP contribution in [0.2, 0.25) is 0 Å². The summed E-state index contributed by atoms with van der Waals surface area (Å²) < 4.78 is 7.03. The van der Waals surface area contributed by atoms with Crippen LogP contribution in [0.5, 0.6) is 11.6 Å². The van der Waals surface area contributed by atoms with Crippen molar-refractivity contribution >= 4 is 28.4 Å². The quantitative estimate of drug-likeness (QED) is 0.782. The first-order chi connectivity index (χ1) is 9.60. The molecule has 5 heteroatoms. The van der Waals surface area contributed by atoms with Crippen LogP contribution in [-0.4, -0.2) is 16.5 Å². The van der Waals surface area contributed by atoms with Gasteiger partial charge in [-0.3, -0.25) is 0 Å². The molecule has 1 N–H and O–H groups in total. The predicted octanol–water partition coefficient (Wildman–Crippen LogP) is 4.31. The maximum atomic E-state index is 5.90. The molecular formula is C15H18IN3O. The second-order valence-electron chi connectivity index (χ2n) is 4.54. The summed E-state index contributed by atoms with van der Waals surface area (Å²) in [6.45, 7) is 6.86. The van der Waals surface area contributed by atoms with Crippen LogP contribution in [0.15, 0.2) is 24.3 Å². The van der Waals surface area contributed by atoms with Crippen molar-refractivity contribution in [3.05, 3.63) is 39.2 Å². The van der Waals surface area contributed by atoms with Crippen LogP contribution < -0.4 is 10.1 Å². The van der Waals surface area contributed by atoms with E-state index in [9.17, 15) is 0 Å². The Labute approximate surface area is 133 Å². The number of benzene rings is 1. The Morgan fingerprint density at radius 3 is 2.75 bits per heavy atom. The zero-order chi connectivity index (χ0) is 14.5. The molecule has 0 fully saturated rings. The van der Waals surface area contributed by atoms with E-state index in [1.165, 1.54) is 0 Å². The van der Waals surface area contributed by atoms with E-state index in [1.54, 1.807) is 0 Å². The van der Waals surface area contributed by atoms with Crippen LogP contribution in [0.25, 0.3) is 0 Å². The highest BCUT2D eigenvalue weighted by atomic mass is 127. The summed E-state index contributed by atoms with van der Waals surface area (Å²) in [5.41, 5.74) is 0.933. The molecule has 0 aliphatic rings. The highest BCUT2D eigenvalue weighted by molar-refractivity contribution is 14.1. The van der Waals surface area contributed by atoms with Gasteiger partial charge in [0.05, 0.1) is 5.56 Å². The Balaban J connectivity index is 2.29. The van der Waals surface area contributed by atoms with E-state index in [1.807, 2.05) is 38.1 Å². The molecule has 1 aromatic carbocycles. The largest absolute Gasteiger partial charge is 0.439 e. The molecule has 20 heavy (non-hydrogen) atoms. The van der Waals surface area contributed by atoms with Gasteiger partial charge < -0.3 is 10.1 Å². The maximum Gasteiger partial charge on any atom is 0.227 e. The molecule has 0 bridgehead atoms. The second kappa shape index (κ2) is 6.88. The third-order valence-corrected chi connectivity index (χ3v) is 3.44. The van der Waals surface area contributed by atoms with Gasteiger partial charge in [0.2, 0.25) is 5.88 Å². The molecule has 0 unspecified atom stereocenters. The number of halogens is 1. The van der Waals surface area contributed by atoms with E-state index < -0.39 is 0 Å². The summed E-state index contributed by atoms with van der Waals surface area (Å²) in [5.74, 6) is 2.95. The maximum absolute atomic E-state index is 5.90. The summed E-state index contributed by atoms with van der Waals surface area (Å²) >= 11 is 2.26. The predicted molar refractivity (Wildman–Crippen MR) is 89.5 cm³/mol. The normalized spacial score (nSPS) is 10.4. The third kappa shape index (κ3) is 3.82. The zero-order valence-electron chi connectivity index (χ0n) is 11.9. The fraction of sp³-hybridized carbons (Fsp3) is 0.333. The summed E-state index contributed by atoms with van der Waals surface area (Å²) in [4.78, 5) is 8.82. The lowest BCUT2D eigenvalue weighted by Gasteiger charge is -2.13. The molecule has 0 aliphatic carbocycles. The van der Waals surface area contributed by atoms with Gasteiger partial charge in [-0.25, -0.2) is 4.98 Å². The topological polar surface area (TPSA) is 47.0 Å². The van der Waals surface area contributed by atoms with Gasteiger partial charge in [-0.2, -0.15) is 4.98 Å². The number of anilines is 1. The van der Waals surface area contributed by atoms with E-state index in [-0.39, 0.29) is 0 Å². The Kier molecular flexibility index (Phi) is 5.17. The van der Waals surface area contributed by atoms with Gasteiger partial charge in [0, 0.05) is 10.1 Å². The molecule has 0 spiro atoms. The number of hydrogen-bond donors (Lipinski definition) is 1. The van der Waals surface area contributed by atoms with Gasteiger partial charge in [0.1, 0.15) is 17.4 Å². The van der Waals surface area contributed by atoms with E-state index in [0.717, 1.165) is 33.7 Å². The molecule has 0 atom stereocenters. The summed E-state index contributed by atoms with van der Waals surface area (Å²) in [7, 11) is 0. The van der Waals surface area contributed by atoms with Crippen LogP contribution >= 0.6 is 22.6 Å². The highest BCUT2D eigenvalue weighted by Gasteiger charge is 2.11. The molecule has 1 heterocycles. The molecule has 0 radical (unpaired) electrons. The minimum atomic E-state index is 0.609. The van der Waals surface area contributed by atoms with Crippen LogP contribution in [-0.2, 0) is 0 Å². The Bertz CT molecular complexity index is 602. The standard InChI is InChI=1S/C15H18IN3O/c1-4-8-17-14-10(2)15(19-11(3)18-14)20-13-7-5-6-12(16)9-13/h5-7,9H,4,8H2,1-3H3,(H,17,18,19). The van der Waals surface area contributed by atoms with E-state index in [0.29, 0.717) is 11.7 Å². The first kappa shape index (κ1) is 15.0. The van der Waals surface area contributed by atoms with E-state index >= 15 is 0 Å². The monoisotopic (exact) mass is 383 g/mol. The smallest absolute Gasteiger partial charge is 0.227 e. The van der Waals surface area contributed by atoms with E-state index in [2.05, 4.69) is 44.8 Å². The molecule has 0 amide bonds. The van der Waals surface area contributed by atoms with Crippen molar-refractivity contribution in [2.45, 2.75) is 27.2 Å². The zero-order valence-corrected chi connectivity index (χ0v) is 14.1. The van der Waals surface area contributed by atoms with Gasteiger partial charge in [-0.05, 0) is 61.1 Å². The fourth-order valence-electron chi connectivity index (χ4n) is 1.76. The van der Waals surface area contributed by atoms with Crippen molar-refractivity contribution in [3.8, 4) is 11.6 Å². The van der Waals surface area contributed by atoms with Crippen molar-refractivity contribution < 1.29 is 4.74 Å². The molecule has 2 rings (SSSR count). The molecular weight excluding hydrogens is 365 g/mol. The Morgan fingerprint density at radius 1 is 1.25 bits per heavy atom. The molecule has 1 aromatic heterocycles. The van der Waals surface area contributed by atoms with Crippen molar-refractivity contribution in [1.29, 1.82) is 0 Å². The number of hydrogen-bond acceptors (Lipinski definition) is 4. The van der Waals surface area contributed by atoms with Crippen LogP contribution in [0, 0.1) is 17.4 Å². The van der Waals surface area contributed by atoms with Gasteiger partial charge >= 0.3 is 0 Å². The lowest BCUT2D eigenvalue weighted by molar-refractivity contribution is 0.455. The highest BCUT2D eigenvalue weighted by Crippen LogP contribution is 2.27. The third-order valence-electron chi connectivity index (χ3n) is 2.77. The van der Waals surface area contributed by atoms with Gasteiger partial charge in [0.15, 0.2) is 0 Å². The van der Waals surface area contributed by atoms with Gasteiger partial charge in [-0.15, -0.1) is 0 Å². The number of aromatic nitrogens is 2. The lowest BCUT2D eigenvalue weighted by Crippen LogP contribution is -2.07.